The standard InChI is InChI=1S/C40H59Cl2N2P/c41-38-32(30-31-16-6-1-7-17-31)26-27-40(42,45(35-22-12-4-13-23-35)36-24-14-5-15-25-36)37(38)39-43(33-18-8-2-9-19-33)28-29-44(39)34-20-10-3-11-21-34/h1,6-7,16-17,30,33-36,38H,2-5,8-15,18-29H2. The van der Waals surface area contributed by atoms with E-state index in [0.29, 0.717) is 12.1 Å². The Morgan fingerprint density at radius 2 is 1.11 bits per heavy atom. The van der Waals surface area contributed by atoms with E-state index in [-0.39, 0.29) is 17.9 Å². The Hall–Kier alpha value is -0.690. The lowest BCUT2D eigenvalue weighted by atomic mass is 9.86. The van der Waals surface area contributed by atoms with Crippen molar-refractivity contribution in [1.82, 2.24) is 9.80 Å². The van der Waals surface area contributed by atoms with Crippen LogP contribution in [0.2, 0.25) is 0 Å². The van der Waals surface area contributed by atoms with Gasteiger partial charge in [0.15, 0.2) is 0 Å². The summed E-state index contributed by atoms with van der Waals surface area (Å²) in [5.74, 6) is 1.54. The number of alkyl halides is 2. The summed E-state index contributed by atoms with van der Waals surface area (Å²) < 4.78 is -0.292. The highest BCUT2D eigenvalue weighted by atomic mass is 35.5. The van der Waals surface area contributed by atoms with Crippen molar-refractivity contribution in [2.45, 2.75) is 175 Å². The maximum absolute atomic E-state index is 8.63. The van der Waals surface area contributed by atoms with Gasteiger partial charge in [0, 0.05) is 30.7 Å². The smallest absolute Gasteiger partial charge is 0.108 e. The highest BCUT2D eigenvalue weighted by Gasteiger charge is 2.55. The Labute approximate surface area is 286 Å². The first-order chi connectivity index (χ1) is 22.1. The summed E-state index contributed by atoms with van der Waals surface area (Å²) in [6, 6.07) is 12.3. The molecule has 2 unspecified atom stereocenters. The van der Waals surface area contributed by atoms with Gasteiger partial charge < -0.3 is 9.80 Å². The molecule has 0 aromatic heterocycles. The van der Waals surface area contributed by atoms with Crippen molar-refractivity contribution in [3.63, 3.8) is 0 Å². The van der Waals surface area contributed by atoms with Gasteiger partial charge in [-0.3, -0.25) is 0 Å². The van der Waals surface area contributed by atoms with Crippen molar-refractivity contribution < 1.29 is 0 Å². The lowest BCUT2D eigenvalue weighted by molar-refractivity contribution is 0.175. The van der Waals surface area contributed by atoms with Gasteiger partial charge in [-0.05, 0) is 86.7 Å². The van der Waals surface area contributed by atoms with Crippen LogP contribution in [0.1, 0.15) is 147 Å². The van der Waals surface area contributed by atoms with Gasteiger partial charge in [0.2, 0.25) is 0 Å². The van der Waals surface area contributed by atoms with E-state index in [4.69, 9.17) is 23.2 Å². The molecule has 0 bridgehead atoms. The van der Waals surface area contributed by atoms with E-state index < -0.39 is 0 Å². The topological polar surface area (TPSA) is 6.48 Å². The Bertz CT molecular complexity index is 1110. The van der Waals surface area contributed by atoms with Crippen LogP contribution in [0, 0.1) is 0 Å². The second-order valence-electron chi connectivity index (χ2n) is 15.5. The fourth-order valence-electron chi connectivity index (χ4n) is 10.4. The minimum atomic E-state index is -0.388. The predicted octanol–water partition coefficient (Wildman–Crippen LogP) is 12.0. The van der Waals surface area contributed by atoms with Crippen LogP contribution in [0.3, 0.4) is 0 Å². The molecule has 248 valence electrons. The highest BCUT2D eigenvalue weighted by molar-refractivity contribution is 7.63. The maximum atomic E-state index is 8.63. The van der Waals surface area contributed by atoms with Gasteiger partial charge in [0.25, 0.3) is 0 Å². The average molecular weight is 670 g/mol. The fourth-order valence-corrected chi connectivity index (χ4v) is 16.6. The molecule has 0 radical (unpaired) electrons. The molecule has 7 rings (SSSR count). The first-order valence-corrected chi connectivity index (χ1v) is 21.6. The van der Waals surface area contributed by atoms with Crippen LogP contribution in [0.5, 0.6) is 0 Å². The molecule has 0 spiro atoms. The number of halogens is 2. The summed E-state index contributed by atoms with van der Waals surface area (Å²) in [5, 5.41) is -0.112. The summed E-state index contributed by atoms with van der Waals surface area (Å²) in [5.41, 5.74) is 5.78. The van der Waals surface area contributed by atoms with Gasteiger partial charge in [0.05, 0.1) is 9.99 Å². The second kappa shape index (κ2) is 15.2. The first-order valence-electron chi connectivity index (χ1n) is 19.3. The quantitative estimate of drug-likeness (QED) is 0.220. The molecule has 1 aromatic carbocycles. The Morgan fingerprint density at radius 3 is 1.60 bits per heavy atom. The van der Waals surface area contributed by atoms with Gasteiger partial charge in [-0.15, -0.1) is 23.2 Å². The van der Waals surface area contributed by atoms with Crippen LogP contribution < -0.4 is 0 Å². The molecule has 0 N–H and O–H groups in total. The normalized spacial score (nSPS) is 31.4. The van der Waals surface area contributed by atoms with Crippen LogP contribution in [0.15, 0.2) is 47.3 Å². The van der Waals surface area contributed by atoms with Crippen molar-refractivity contribution in [2.75, 3.05) is 13.1 Å². The summed E-state index contributed by atoms with van der Waals surface area (Å²) in [4.78, 5) is 5.83. The number of rotatable bonds is 6. The van der Waals surface area contributed by atoms with E-state index in [0.717, 1.165) is 24.2 Å². The van der Waals surface area contributed by atoms with Crippen LogP contribution in [0.25, 0.3) is 6.08 Å². The van der Waals surface area contributed by atoms with Gasteiger partial charge in [-0.25, -0.2) is 0 Å². The van der Waals surface area contributed by atoms with Crippen LogP contribution in [-0.2, 0) is 0 Å². The van der Waals surface area contributed by atoms with Crippen molar-refractivity contribution in [3.05, 3.63) is 52.9 Å². The zero-order chi connectivity index (χ0) is 30.6. The molecule has 2 atom stereocenters. The lowest BCUT2D eigenvalue weighted by Gasteiger charge is -2.53. The lowest BCUT2D eigenvalue weighted by Crippen LogP contribution is -2.46. The molecule has 1 aromatic rings. The van der Waals surface area contributed by atoms with Gasteiger partial charge in [-0.1, -0.05) is 121 Å². The van der Waals surface area contributed by atoms with Crippen LogP contribution in [0.4, 0.5) is 0 Å². The molecule has 1 aliphatic heterocycles. The monoisotopic (exact) mass is 668 g/mol. The number of allylic oxidation sites excluding steroid dienone is 2. The molecule has 5 saturated carbocycles. The van der Waals surface area contributed by atoms with Crippen molar-refractivity contribution in [1.29, 1.82) is 0 Å². The number of hydrogen-bond acceptors (Lipinski definition) is 2. The van der Waals surface area contributed by atoms with E-state index in [2.05, 4.69) is 46.2 Å². The largest absolute Gasteiger partial charge is 0.353 e. The molecule has 2 nitrogen and oxygen atoms in total. The van der Waals surface area contributed by atoms with Crippen molar-refractivity contribution >= 4 is 37.2 Å². The predicted molar refractivity (Wildman–Crippen MR) is 197 cm³/mol. The van der Waals surface area contributed by atoms with Crippen molar-refractivity contribution in [2.24, 2.45) is 0 Å². The van der Waals surface area contributed by atoms with E-state index in [1.54, 1.807) is 5.82 Å². The minimum absolute atomic E-state index is 0.112. The first kappa shape index (κ1) is 32.8. The van der Waals surface area contributed by atoms with Gasteiger partial charge in [-0.2, -0.15) is 0 Å². The zero-order valence-corrected chi connectivity index (χ0v) is 30.3. The Balaban J connectivity index is 1.39. The molecule has 6 aliphatic rings. The van der Waals surface area contributed by atoms with Crippen LogP contribution >= 0.6 is 31.1 Å². The zero-order valence-electron chi connectivity index (χ0n) is 27.9. The van der Waals surface area contributed by atoms with E-state index in [1.165, 1.54) is 158 Å². The molecular formula is C40H59Cl2N2P. The molecule has 0 amide bonds. The summed E-state index contributed by atoms with van der Waals surface area (Å²) in [7, 11) is -0.388. The molecule has 5 heteroatoms. The van der Waals surface area contributed by atoms with Crippen molar-refractivity contribution in [3.8, 4) is 0 Å². The van der Waals surface area contributed by atoms with E-state index in [1.807, 2.05) is 0 Å². The molecule has 1 saturated heterocycles. The summed E-state index contributed by atoms with van der Waals surface area (Å²) in [6.07, 6.45) is 32.2. The second-order valence-corrected chi connectivity index (χ2v) is 19.8. The minimum Gasteiger partial charge on any atom is -0.353 e. The molecule has 1 heterocycles. The van der Waals surface area contributed by atoms with E-state index in [9.17, 15) is 0 Å². The average Bonchev–Trinajstić information content (AvgIpc) is 3.53. The molecule has 6 fully saturated rings. The fraction of sp³-hybridized carbons (Fsp3) is 0.750. The van der Waals surface area contributed by atoms with Gasteiger partial charge in [0.1, 0.15) is 5.82 Å². The Morgan fingerprint density at radius 1 is 0.644 bits per heavy atom. The molecular weight excluding hydrogens is 610 g/mol. The maximum Gasteiger partial charge on any atom is 0.108 e. The number of benzene rings is 1. The van der Waals surface area contributed by atoms with Crippen LogP contribution in [-0.4, -0.2) is 56.3 Å². The molecule has 5 aliphatic carbocycles. The summed E-state index contributed by atoms with van der Waals surface area (Å²) >= 11 is 16.7. The SMILES string of the molecule is ClC1C(=Cc2ccccc2)CCC(Cl)(P(C2CCCCC2)C2CCCCC2)C1=C1N(C2CCCCC2)CCN1C1CCCCC1. The highest BCUT2D eigenvalue weighted by Crippen LogP contribution is 2.72. The third-order valence-electron chi connectivity index (χ3n) is 12.6. The van der Waals surface area contributed by atoms with Gasteiger partial charge >= 0.3 is 0 Å². The molecule has 45 heavy (non-hydrogen) atoms. The third kappa shape index (κ3) is 7.06. The third-order valence-corrected chi connectivity index (χ3v) is 18.0. The number of hydrogen-bond donors (Lipinski definition) is 0. The number of nitrogens with zero attached hydrogens (tertiary/aromatic N) is 2. The van der Waals surface area contributed by atoms with E-state index >= 15 is 0 Å². The Kier molecular flexibility index (Phi) is 11.1. The summed E-state index contributed by atoms with van der Waals surface area (Å²) in [6.45, 7) is 2.33.